The van der Waals surface area contributed by atoms with Gasteiger partial charge in [0.05, 0.1) is 0 Å². The van der Waals surface area contributed by atoms with Crippen molar-refractivity contribution in [3.63, 3.8) is 0 Å². The van der Waals surface area contributed by atoms with Gasteiger partial charge < -0.3 is 5.73 Å². The van der Waals surface area contributed by atoms with E-state index < -0.39 is 0 Å². The standard InChI is InChI=1S/C13H14ClNS/c1-9-2-7-13(16-9)12(8-15)10-3-5-11(14)6-4-10/h2-7,12H,8,15H2,1H3. The molecule has 2 aromatic rings. The number of rotatable bonds is 3. The monoisotopic (exact) mass is 251 g/mol. The summed E-state index contributed by atoms with van der Waals surface area (Å²) in [6, 6.07) is 12.2. The molecule has 0 amide bonds. The van der Waals surface area contributed by atoms with Crippen LogP contribution in [0.1, 0.15) is 21.2 Å². The maximum Gasteiger partial charge on any atom is 0.0406 e. The Morgan fingerprint density at radius 3 is 2.38 bits per heavy atom. The minimum absolute atomic E-state index is 0.288. The maximum absolute atomic E-state index is 5.88. The third-order valence-corrected chi connectivity index (χ3v) is 3.98. The van der Waals surface area contributed by atoms with Crippen LogP contribution in [0, 0.1) is 6.92 Å². The average molecular weight is 252 g/mol. The van der Waals surface area contributed by atoms with Crippen LogP contribution in [0.25, 0.3) is 0 Å². The zero-order valence-electron chi connectivity index (χ0n) is 9.11. The van der Waals surface area contributed by atoms with E-state index >= 15 is 0 Å². The van der Waals surface area contributed by atoms with Gasteiger partial charge in [0, 0.05) is 27.2 Å². The fourth-order valence-electron chi connectivity index (χ4n) is 1.75. The Kier molecular flexibility index (Phi) is 3.64. The highest BCUT2D eigenvalue weighted by atomic mass is 35.5. The van der Waals surface area contributed by atoms with Crippen molar-refractivity contribution >= 4 is 22.9 Å². The third kappa shape index (κ3) is 2.46. The lowest BCUT2D eigenvalue weighted by molar-refractivity contribution is 0.836. The summed E-state index contributed by atoms with van der Waals surface area (Å²) in [4.78, 5) is 2.64. The Bertz CT molecular complexity index is 461. The predicted octanol–water partition coefficient (Wildman–Crippen LogP) is 3.80. The second-order valence-electron chi connectivity index (χ2n) is 3.79. The quantitative estimate of drug-likeness (QED) is 0.882. The van der Waals surface area contributed by atoms with Crippen LogP contribution in [0.15, 0.2) is 36.4 Å². The molecule has 0 aliphatic heterocycles. The Hall–Kier alpha value is -0.830. The van der Waals surface area contributed by atoms with Crippen LogP contribution >= 0.6 is 22.9 Å². The second kappa shape index (κ2) is 5.00. The van der Waals surface area contributed by atoms with Crippen LogP contribution in [0.4, 0.5) is 0 Å². The van der Waals surface area contributed by atoms with Crippen LogP contribution in [-0.2, 0) is 0 Å². The number of hydrogen-bond acceptors (Lipinski definition) is 2. The molecule has 1 aromatic carbocycles. The molecule has 1 atom stereocenters. The van der Waals surface area contributed by atoms with Gasteiger partial charge in [-0.3, -0.25) is 0 Å². The van der Waals surface area contributed by atoms with Gasteiger partial charge in [0.15, 0.2) is 0 Å². The van der Waals surface area contributed by atoms with Crippen molar-refractivity contribution in [1.29, 1.82) is 0 Å². The highest BCUT2D eigenvalue weighted by Gasteiger charge is 2.13. The summed E-state index contributed by atoms with van der Waals surface area (Å²) in [5.74, 6) is 0.288. The molecule has 0 radical (unpaired) electrons. The molecule has 0 aliphatic rings. The van der Waals surface area contributed by atoms with Crippen molar-refractivity contribution in [1.82, 2.24) is 0 Å². The van der Waals surface area contributed by atoms with Crippen molar-refractivity contribution in [3.05, 3.63) is 56.7 Å². The normalized spacial score (nSPS) is 12.7. The minimum atomic E-state index is 0.288. The van der Waals surface area contributed by atoms with Gasteiger partial charge in [-0.25, -0.2) is 0 Å². The molecule has 2 N–H and O–H groups in total. The van der Waals surface area contributed by atoms with E-state index in [1.165, 1.54) is 15.3 Å². The lowest BCUT2D eigenvalue weighted by atomic mass is 9.98. The average Bonchev–Trinajstić information content (AvgIpc) is 2.69. The number of halogens is 1. The van der Waals surface area contributed by atoms with E-state index in [1.54, 1.807) is 11.3 Å². The van der Waals surface area contributed by atoms with Crippen molar-refractivity contribution in [2.75, 3.05) is 6.54 Å². The molecule has 0 aliphatic carbocycles. The number of aryl methyl sites for hydroxylation is 1. The van der Waals surface area contributed by atoms with Gasteiger partial charge in [-0.1, -0.05) is 23.7 Å². The van der Waals surface area contributed by atoms with Crippen LogP contribution < -0.4 is 5.73 Å². The summed E-state index contributed by atoms with van der Waals surface area (Å²) in [5.41, 5.74) is 7.09. The molecule has 84 valence electrons. The van der Waals surface area contributed by atoms with E-state index in [-0.39, 0.29) is 5.92 Å². The molecule has 1 unspecified atom stereocenters. The summed E-state index contributed by atoms with van der Waals surface area (Å²) in [6.45, 7) is 2.74. The maximum atomic E-state index is 5.88. The van der Waals surface area contributed by atoms with Gasteiger partial charge in [0.1, 0.15) is 0 Å². The lowest BCUT2D eigenvalue weighted by Crippen LogP contribution is -2.12. The number of benzene rings is 1. The molecule has 0 bridgehead atoms. The second-order valence-corrected chi connectivity index (χ2v) is 5.54. The van der Waals surface area contributed by atoms with Crippen molar-refractivity contribution < 1.29 is 0 Å². The van der Waals surface area contributed by atoms with Gasteiger partial charge in [-0.2, -0.15) is 0 Å². The Balaban J connectivity index is 2.32. The van der Waals surface area contributed by atoms with Crippen LogP contribution in [0.2, 0.25) is 5.02 Å². The highest BCUT2D eigenvalue weighted by Crippen LogP contribution is 2.30. The fourth-order valence-corrected chi connectivity index (χ4v) is 2.90. The highest BCUT2D eigenvalue weighted by molar-refractivity contribution is 7.12. The van der Waals surface area contributed by atoms with Crippen molar-refractivity contribution in [2.24, 2.45) is 5.73 Å². The molecule has 0 spiro atoms. The summed E-state index contributed by atoms with van der Waals surface area (Å²) < 4.78 is 0. The summed E-state index contributed by atoms with van der Waals surface area (Å²) in [7, 11) is 0. The molecule has 0 fully saturated rings. The smallest absolute Gasteiger partial charge is 0.0406 e. The molecule has 1 aromatic heterocycles. The van der Waals surface area contributed by atoms with E-state index in [0.717, 1.165) is 5.02 Å². The first-order valence-corrected chi connectivity index (χ1v) is 6.42. The molecule has 1 heterocycles. The summed E-state index contributed by atoms with van der Waals surface area (Å²) in [6.07, 6.45) is 0. The molecule has 3 heteroatoms. The molecule has 1 nitrogen and oxygen atoms in total. The summed E-state index contributed by atoms with van der Waals surface area (Å²) in [5, 5.41) is 0.766. The SMILES string of the molecule is Cc1ccc(C(CN)c2ccc(Cl)cc2)s1. The molecule has 16 heavy (non-hydrogen) atoms. The molecule has 0 saturated heterocycles. The first-order valence-electron chi connectivity index (χ1n) is 5.22. The summed E-state index contributed by atoms with van der Waals surface area (Å²) >= 11 is 7.69. The zero-order chi connectivity index (χ0) is 11.5. The minimum Gasteiger partial charge on any atom is -0.329 e. The van der Waals surface area contributed by atoms with Crippen molar-refractivity contribution in [3.8, 4) is 0 Å². The predicted molar refractivity (Wildman–Crippen MR) is 71.4 cm³/mol. The van der Waals surface area contributed by atoms with E-state index in [9.17, 15) is 0 Å². The zero-order valence-corrected chi connectivity index (χ0v) is 10.7. The number of hydrogen-bond donors (Lipinski definition) is 1. The number of thiophene rings is 1. The molecule has 2 rings (SSSR count). The first kappa shape index (κ1) is 11.6. The van der Waals surface area contributed by atoms with Gasteiger partial charge >= 0.3 is 0 Å². The lowest BCUT2D eigenvalue weighted by Gasteiger charge is -2.13. The van der Waals surface area contributed by atoms with Crippen LogP contribution in [0.3, 0.4) is 0 Å². The molecular weight excluding hydrogens is 238 g/mol. The fraction of sp³-hybridized carbons (Fsp3) is 0.231. The van der Waals surface area contributed by atoms with E-state index in [2.05, 4.69) is 31.2 Å². The van der Waals surface area contributed by atoms with Gasteiger partial charge in [0.25, 0.3) is 0 Å². The van der Waals surface area contributed by atoms with E-state index in [4.69, 9.17) is 17.3 Å². The van der Waals surface area contributed by atoms with Crippen LogP contribution in [0.5, 0.6) is 0 Å². The molecule has 0 saturated carbocycles. The third-order valence-electron chi connectivity index (χ3n) is 2.61. The largest absolute Gasteiger partial charge is 0.329 e. The Morgan fingerprint density at radius 2 is 1.88 bits per heavy atom. The molecular formula is C13H14ClNS. The van der Waals surface area contributed by atoms with Gasteiger partial charge in [-0.15, -0.1) is 11.3 Å². The first-order chi connectivity index (χ1) is 7.70. The van der Waals surface area contributed by atoms with Gasteiger partial charge in [-0.05, 0) is 36.8 Å². The topological polar surface area (TPSA) is 26.0 Å². The van der Waals surface area contributed by atoms with Crippen LogP contribution in [-0.4, -0.2) is 6.54 Å². The van der Waals surface area contributed by atoms with E-state index in [1.807, 2.05) is 12.1 Å². The van der Waals surface area contributed by atoms with Gasteiger partial charge in [0.2, 0.25) is 0 Å². The number of nitrogens with two attached hydrogens (primary N) is 1. The Morgan fingerprint density at radius 1 is 1.19 bits per heavy atom. The van der Waals surface area contributed by atoms with E-state index in [0.29, 0.717) is 6.54 Å². The Labute approximate surface area is 105 Å². The van der Waals surface area contributed by atoms with Crippen molar-refractivity contribution in [2.45, 2.75) is 12.8 Å².